The van der Waals surface area contributed by atoms with Gasteiger partial charge in [-0.15, -0.1) is 10.2 Å². The Balaban J connectivity index is 0.000000250. The van der Waals surface area contributed by atoms with Gasteiger partial charge in [-0.3, -0.25) is 0 Å². The maximum atomic E-state index is 3.38. The Hall–Kier alpha value is -0.333. The molecule has 4 nitrogen and oxygen atoms in total. The van der Waals surface area contributed by atoms with Crippen LogP contribution in [-0.2, 0) is 0 Å². The fraction of sp³-hybridized carbons (Fsp3) is 0. The van der Waals surface area contributed by atoms with Gasteiger partial charge < -0.3 is 0 Å². The monoisotopic (exact) mass is 77.0 g/mol. The van der Waals surface area contributed by atoms with Crippen LogP contribution in [0.2, 0.25) is 0 Å². The van der Waals surface area contributed by atoms with Gasteiger partial charge in [0.05, 0.1) is 0 Å². The number of H-pyrrole nitrogens is 1. The summed E-state index contributed by atoms with van der Waals surface area (Å²) >= 11 is 0. The topological polar surface area (TPSA) is 54.5 Å². The van der Waals surface area contributed by atoms with E-state index in [9.17, 15) is 0 Å². The summed E-state index contributed by atoms with van der Waals surface area (Å²) in [5.74, 6) is 0. The molecule has 1 aromatic rings. The van der Waals surface area contributed by atoms with E-state index in [-0.39, 0.29) is 18.9 Å². The molecule has 0 aliphatic rings. The molecule has 0 atom stereocenters. The van der Waals surface area contributed by atoms with E-state index in [2.05, 4.69) is 20.6 Å². The van der Waals surface area contributed by atoms with Crippen LogP contribution in [0.1, 0.15) is 0 Å². The second-order valence-corrected chi connectivity index (χ2v) is 0.560. The smallest absolute Gasteiger partial charge is 0.177 e. The van der Waals surface area contributed by atoms with E-state index in [1.54, 1.807) is 0 Å². The van der Waals surface area contributed by atoms with Crippen molar-refractivity contribution in [2.75, 3.05) is 0 Å². The van der Waals surface area contributed by atoms with Crippen molar-refractivity contribution < 1.29 is 18.9 Å². The van der Waals surface area contributed by atoms with Gasteiger partial charge in [0, 0.05) is 0 Å². The third-order valence-electron chi connectivity index (χ3n) is 0.270. The summed E-state index contributed by atoms with van der Waals surface area (Å²) in [7, 11) is 0. The van der Waals surface area contributed by atoms with Crippen molar-refractivity contribution in [2.24, 2.45) is 0 Å². The third-order valence-corrected chi connectivity index (χ3v) is 0.270. The molecule has 26 valence electrons. The minimum absolute atomic E-state index is 0. The van der Waals surface area contributed by atoms with Crippen molar-refractivity contribution in [1.29, 1.82) is 0 Å². The minimum atomic E-state index is 0. The summed E-state index contributed by atoms with van der Waals surface area (Å²) in [6.07, 6.45) is 1.33. The molecule has 0 aromatic carbocycles. The molecule has 1 rings (SSSR count). The Morgan fingerprint density at radius 2 is 2.33 bits per heavy atom. The Kier molecular flexibility index (Phi) is 2.72. The maximum Gasteiger partial charge on any atom is 1.00 e. The molecular weight excluding hydrogens is 75.0 g/mol. The first-order valence-corrected chi connectivity index (χ1v) is 1.16. The fourth-order valence-corrected chi connectivity index (χ4v) is 0.129. The standard InChI is InChI=1S/CH2N4.Li/c1-2-4-5-3-1;/h1H,(H,2,3,4,5);/q;+1. The zero-order valence-corrected chi connectivity index (χ0v) is 3.42. The van der Waals surface area contributed by atoms with Crippen molar-refractivity contribution in [3.8, 4) is 0 Å². The summed E-state index contributed by atoms with van der Waals surface area (Å²) < 4.78 is 0. The van der Waals surface area contributed by atoms with Crippen LogP contribution in [0.25, 0.3) is 0 Å². The van der Waals surface area contributed by atoms with E-state index in [1.807, 2.05) is 0 Å². The van der Waals surface area contributed by atoms with Crippen molar-refractivity contribution in [1.82, 2.24) is 20.6 Å². The average molecular weight is 77.0 g/mol. The van der Waals surface area contributed by atoms with E-state index in [1.165, 1.54) is 6.33 Å². The molecule has 0 bridgehead atoms. The van der Waals surface area contributed by atoms with E-state index in [4.69, 9.17) is 0 Å². The Morgan fingerprint density at radius 3 is 2.50 bits per heavy atom. The molecule has 0 amide bonds. The van der Waals surface area contributed by atoms with Crippen LogP contribution in [0, 0.1) is 0 Å². The fourth-order valence-electron chi connectivity index (χ4n) is 0.129. The van der Waals surface area contributed by atoms with Crippen LogP contribution in [0.15, 0.2) is 6.33 Å². The molecule has 0 unspecified atom stereocenters. The quantitative estimate of drug-likeness (QED) is 0.323. The zero-order valence-electron chi connectivity index (χ0n) is 3.42. The second kappa shape index (κ2) is 2.88. The van der Waals surface area contributed by atoms with E-state index in [0.29, 0.717) is 0 Å². The summed E-state index contributed by atoms with van der Waals surface area (Å²) in [4.78, 5) is 0. The number of hydrogen-bond donors (Lipinski definition) is 1. The third kappa shape index (κ3) is 1.20. The van der Waals surface area contributed by atoms with E-state index < -0.39 is 0 Å². The molecule has 1 N–H and O–H groups in total. The van der Waals surface area contributed by atoms with Crippen molar-refractivity contribution in [3.63, 3.8) is 0 Å². The summed E-state index contributed by atoms with van der Waals surface area (Å²) in [6.45, 7) is 0. The van der Waals surface area contributed by atoms with Gasteiger partial charge in [0.25, 0.3) is 0 Å². The summed E-state index contributed by atoms with van der Waals surface area (Å²) in [6, 6.07) is 0. The molecule has 0 saturated heterocycles. The SMILES string of the molecule is [Li+].c1nn[nH]n1. The number of hydrogen-bond acceptors (Lipinski definition) is 3. The average Bonchev–Trinajstić information content (AvgIpc) is 1.76. The Morgan fingerprint density at radius 1 is 1.50 bits per heavy atom. The predicted octanol–water partition coefficient (Wildman–Crippen LogP) is -3.80. The molecule has 0 saturated carbocycles. The predicted molar refractivity (Wildman–Crippen MR) is 14.2 cm³/mol. The Labute approximate surface area is 46.5 Å². The van der Waals surface area contributed by atoms with Crippen LogP contribution < -0.4 is 18.9 Å². The molecule has 1 aromatic heterocycles. The van der Waals surface area contributed by atoms with Gasteiger partial charge >= 0.3 is 18.9 Å². The molecule has 0 radical (unpaired) electrons. The first-order valence-electron chi connectivity index (χ1n) is 1.16. The van der Waals surface area contributed by atoms with Crippen molar-refractivity contribution in [2.45, 2.75) is 0 Å². The van der Waals surface area contributed by atoms with Gasteiger partial charge in [0.2, 0.25) is 0 Å². The number of aromatic nitrogens is 4. The molecule has 0 fully saturated rings. The molecule has 0 spiro atoms. The van der Waals surface area contributed by atoms with Crippen LogP contribution in [-0.4, -0.2) is 20.6 Å². The van der Waals surface area contributed by atoms with Crippen LogP contribution in [0.5, 0.6) is 0 Å². The van der Waals surface area contributed by atoms with Gasteiger partial charge in [0.1, 0.15) is 0 Å². The molecule has 5 heteroatoms. The Bertz CT molecular complexity index is 64.0. The number of rotatable bonds is 0. The van der Waals surface area contributed by atoms with Gasteiger partial charge in [-0.1, -0.05) is 5.21 Å². The summed E-state index contributed by atoms with van der Waals surface area (Å²) in [5.41, 5.74) is 0. The maximum absolute atomic E-state index is 3.38. The first kappa shape index (κ1) is 5.67. The van der Waals surface area contributed by atoms with Gasteiger partial charge in [-0.25, -0.2) is 0 Å². The summed E-state index contributed by atoms with van der Waals surface area (Å²) in [5, 5.41) is 12.2. The first-order chi connectivity index (χ1) is 2.50. The van der Waals surface area contributed by atoms with Crippen LogP contribution in [0.3, 0.4) is 0 Å². The van der Waals surface area contributed by atoms with E-state index >= 15 is 0 Å². The zero-order chi connectivity index (χ0) is 3.54. The molecule has 6 heavy (non-hydrogen) atoms. The normalized spacial score (nSPS) is 6.67. The van der Waals surface area contributed by atoms with Gasteiger partial charge in [0.15, 0.2) is 6.33 Å². The number of aromatic amines is 1. The molecular formula is CH2LiN4+. The second-order valence-electron chi connectivity index (χ2n) is 0.560. The van der Waals surface area contributed by atoms with Crippen LogP contribution in [0.4, 0.5) is 0 Å². The number of nitrogens with zero attached hydrogens (tertiary/aromatic N) is 3. The molecule has 0 aliphatic heterocycles. The van der Waals surface area contributed by atoms with Crippen molar-refractivity contribution >= 4 is 0 Å². The molecule has 0 aliphatic carbocycles. The van der Waals surface area contributed by atoms with Gasteiger partial charge in [-0.2, -0.15) is 5.21 Å². The van der Waals surface area contributed by atoms with Gasteiger partial charge in [-0.05, 0) is 0 Å². The minimum Gasteiger partial charge on any atom is -0.177 e. The molecule has 1 heterocycles. The largest absolute Gasteiger partial charge is 1.00 e. The number of tetrazole rings is 1. The van der Waals surface area contributed by atoms with E-state index in [0.717, 1.165) is 0 Å². The van der Waals surface area contributed by atoms with Crippen molar-refractivity contribution in [3.05, 3.63) is 6.33 Å². The van der Waals surface area contributed by atoms with Crippen LogP contribution >= 0.6 is 0 Å². The number of nitrogens with one attached hydrogen (secondary N) is 1.